The summed E-state index contributed by atoms with van der Waals surface area (Å²) in [7, 11) is 0. The second-order valence-electron chi connectivity index (χ2n) is 5.52. The van der Waals surface area contributed by atoms with Crippen molar-refractivity contribution in [1.82, 2.24) is 9.80 Å². The highest BCUT2D eigenvalue weighted by Gasteiger charge is 2.18. The number of carboxylic acid groups (broad SMARTS) is 1. The molecule has 2 aromatic rings. The fourth-order valence-electron chi connectivity index (χ4n) is 2.82. The summed E-state index contributed by atoms with van der Waals surface area (Å²) in [6.45, 7) is 5.64. The number of carboxylic acids is 1. The molecular formula is C16H20N2O2S. The summed E-state index contributed by atoms with van der Waals surface area (Å²) in [6.07, 6.45) is 0.245. The zero-order valence-electron chi connectivity index (χ0n) is 12.0. The van der Waals surface area contributed by atoms with Crippen molar-refractivity contribution in [3.8, 4) is 0 Å². The number of thiophene rings is 1. The molecule has 4 nitrogen and oxygen atoms in total. The van der Waals surface area contributed by atoms with E-state index in [0.717, 1.165) is 32.7 Å². The van der Waals surface area contributed by atoms with E-state index in [9.17, 15) is 4.79 Å². The van der Waals surface area contributed by atoms with E-state index in [1.54, 1.807) is 0 Å². The van der Waals surface area contributed by atoms with Gasteiger partial charge in [0, 0.05) is 44.0 Å². The molecule has 1 fully saturated rings. The van der Waals surface area contributed by atoms with E-state index in [0.29, 0.717) is 6.54 Å². The molecule has 0 saturated carbocycles. The van der Waals surface area contributed by atoms with Gasteiger partial charge in [0.1, 0.15) is 0 Å². The van der Waals surface area contributed by atoms with Crippen molar-refractivity contribution in [2.75, 3.05) is 32.7 Å². The number of benzene rings is 1. The summed E-state index contributed by atoms with van der Waals surface area (Å²) in [5, 5.41) is 12.4. The average Bonchev–Trinajstić information content (AvgIpc) is 2.90. The first-order valence-corrected chi connectivity index (χ1v) is 8.22. The van der Waals surface area contributed by atoms with Gasteiger partial charge in [-0.15, -0.1) is 11.3 Å². The SMILES string of the molecule is O=C(O)CCN1CCN(Cc2csc3ccccc23)CC1. The van der Waals surface area contributed by atoms with Crippen LogP contribution in [0.25, 0.3) is 10.1 Å². The summed E-state index contributed by atoms with van der Waals surface area (Å²) in [6, 6.07) is 8.56. The number of hydrogen-bond donors (Lipinski definition) is 1. The molecule has 5 heteroatoms. The van der Waals surface area contributed by atoms with E-state index in [4.69, 9.17) is 5.11 Å². The molecule has 1 aliphatic rings. The van der Waals surface area contributed by atoms with Crippen LogP contribution in [0.5, 0.6) is 0 Å². The highest BCUT2D eigenvalue weighted by atomic mass is 32.1. The monoisotopic (exact) mass is 304 g/mol. The van der Waals surface area contributed by atoms with Gasteiger partial charge in [-0.05, 0) is 22.4 Å². The Kier molecular flexibility index (Phi) is 4.53. The van der Waals surface area contributed by atoms with E-state index >= 15 is 0 Å². The van der Waals surface area contributed by atoms with Crippen LogP contribution in [0.1, 0.15) is 12.0 Å². The summed E-state index contributed by atoms with van der Waals surface area (Å²) in [5.41, 5.74) is 1.41. The predicted octanol–water partition coefficient (Wildman–Crippen LogP) is 2.49. The van der Waals surface area contributed by atoms with E-state index < -0.39 is 5.97 Å². The Balaban J connectivity index is 1.54. The van der Waals surface area contributed by atoms with Gasteiger partial charge in [0.15, 0.2) is 0 Å². The predicted molar refractivity (Wildman–Crippen MR) is 85.8 cm³/mol. The first-order valence-electron chi connectivity index (χ1n) is 7.34. The first kappa shape index (κ1) is 14.5. The smallest absolute Gasteiger partial charge is 0.304 e. The zero-order valence-corrected chi connectivity index (χ0v) is 12.8. The van der Waals surface area contributed by atoms with Crippen molar-refractivity contribution in [3.63, 3.8) is 0 Å². The quantitative estimate of drug-likeness (QED) is 0.922. The minimum absolute atomic E-state index is 0.245. The fourth-order valence-corrected chi connectivity index (χ4v) is 3.77. The molecule has 0 aliphatic carbocycles. The Morgan fingerprint density at radius 3 is 2.62 bits per heavy atom. The van der Waals surface area contributed by atoms with Gasteiger partial charge in [0.2, 0.25) is 0 Å². The van der Waals surface area contributed by atoms with Gasteiger partial charge >= 0.3 is 5.97 Å². The van der Waals surface area contributed by atoms with Crippen molar-refractivity contribution in [2.45, 2.75) is 13.0 Å². The number of piperazine rings is 1. The number of aliphatic carboxylic acids is 1. The third-order valence-electron chi connectivity index (χ3n) is 4.06. The lowest BCUT2D eigenvalue weighted by Gasteiger charge is -2.34. The number of carbonyl (C=O) groups is 1. The topological polar surface area (TPSA) is 43.8 Å². The van der Waals surface area contributed by atoms with E-state index in [-0.39, 0.29) is 6.42 Å². The van der Waals surface area contributed by atoms with Crippen molar-refractivity contribution in [1.29, 1.82) is 0 Å². The van der Waals surface area contributed by atoms with Crippen LogP contribution in [0, 0.1) is 0 Å². The van der Waals surface area contributed by atoms with Crippen LogP contribution in [0.2, 0.25) is 0 Å². The molecule has 3 rings (SSSR count). The summed E-state index contributed by atoms with van der Waals surface area (Å²) < 4.78 is 1.35. The van der Waals surface area contributed by atoms with Crippen molar-refractivity contribution >= 4 is 27.4 Å². The standard InChI is InChI=1S/C16H20N2O2S/c19-16(20)5-6-17-7-9-18(10-8-17)11-13-12-21-15-4-2-1-3-14(13)15/h1-4,12H,5-11H2,(H,19,20). The molecule has 0 radical (unpaired) electrons. The Morgan fingerprint density at radius 1 is 1.14 bits per heavy atom. The van der Waals surface area contributed by atoms with Crippen LogP contribution in [0.15, 0.2) is 29.6 Å². The second-order valence-corrected chi connectivity index (χ2v) is 6.43. The number of rotatable bonds is 5. The van der Waals surface area contributed by atoms with Crippen LogP contribution < -0.4 is 0 Å². The van der Waals surface area contributed by atoms with Crippen LogP contribution in [-0.2, 0) is 11.3 Å². The molecule has 1 saturated heterocycles. The zero-order chi connectivity index (χ0) is 14.7. The van der Waals surface area contributed by atoms with Crippen molar-refractivity contribution < 1.29 is 9.90 Å². The van der Waals surface area contributed by atoms with E-state index in [2.05, 4.69) is 39.4 Å². The number of fused-ring (bicyclic) bond motifs is 1. The maximum atomic E-state index is 10.6. The van der Waals surface area contributed by atoms with Crippen LogP contribution in [0.3, 0.4) is 0 Å². The van der Waals surface area contributed by atoms with Gasteiger partial charge in [0.25, 0.3) is 0 Å². The highest BCUT2D eigenvalue weighted by Crippen LogP contribution is 2.26. The molecule has 1 aromatic heterocycles. The molecule has 21 heavy (non-hydrogen) atoms. The molecule has 1 aromatic carbocycles. The highest BCUT2D eigenvalue weighted by molar-refractivity contribution is 7.17. The lowest BCUT2D eigenvalue weighted by atomic mass is 10.1. The molecule has 0 spiro atoms. The van der Waals surface area contributed by atoms with Crippen LogP contribution in [0.4, 0.5) is 0 Å². The minimum atomic E-state index is -0.706. The average molecular weight is 304 g/mol. The third kappa shape index (κ3) is 3.61. The Hall–Kier alpha value is -1.43. The molecule has 0 atom stereocenters. The molecule has 112 valence electrons. The Morgan fingerprint density at radius 2 is 1.86 bits per heavy atom. The Bertz CT molecular complexity index is 618. The molecule has 2 heterocycles. The third-order valence-corrected chi connectivity index (χ3v) is 5.07. The van der Waals surface area contributed by atoms with Crippen LogP contribution >= 0.6 is 11.3 Å². The van der Waals surface area contributed by atoms with Crippen molar-refractivity contribution in [3.05, 3.63) is 35.2 Å². The summed E-state index contributed by atoms with van der Waals surface area (Å²) in [4.78, 5) is 15.3. The van der Waals surface area contributed by atoms with E-state index in [1.165, 1.54) is 15.6 Å². The largest absolute Gasteiger partial charge is 0.481 e. The normalized spacial score (nSPS) is 17.3. The lowest BCUT2D eigenvalue weighted by Crippen LogP contribution is -2.46. The molecule has 1 aliphatic heterocycles. The lowest BCUT2D eigenvalue weighted by molar-refractivity contribution is -0.137. The van der Waals surface area contributed by atoms with Gasteiger partial charge in [-0.25, -0.2) is 0 Å². The number of nitrogens with zero attached hydrogens (tertiary/aromatic N) is 2. The van der Waals surface area contributed by atoms with Crippen molar-refractivity contribution in [2.24, 2.45) is 0 Å². The molecule has 1 N–H and O–H groups in total. The molecular weight excluding hydrogens is 284 g/mol. The first-order chi connectivity index (χ1) is 10.2. The van der Waals surface area contributed by atoms with Crippen LogP contribution in [-0.4, -0.2) is 53.6 Å². The summed E-state index contributed by atoms with van der Waals surface area (Å²) >= 11 is 1.81. The molecule has 0 bridgehead atoms. The second kappa shape index (κ2) is 6.56. The number of hydrogen-bond acceptors (Lipinski definition) is 4. The maximum Gasteiger partial charge on any atom is 0.304 e. The van der Waals surface area contributed by atoms with Gasteiger partial charge < -0.3 is 10.0 Å². The summed E-state index contributed by atoms with van der Waals surface area (Å²) in [5.74, 6) is -0.706. The van der Waals surface area contributed by atoms with E-state index in [1.807, 2.05) is 11.3 Å². The fraction of sp³-hybridized carbons (Fsp3) is 0.438. The maximum absolute atomic E-state index is 10.6. The van der Waals surface area contributed by atoms with Gasteiger partial charge in [0.05, 0.1) is 6.42 Å². The Labute approximate surface area is 128 Å². The molecule has 0 amide bonds. The minimum Gasteiger partial charge on any atom is -0.481 e. The van der Waals surface area contributed by atoms with Gasteiger partial charge in [-0.2, -0.15) is 0 Å². The van der Waals surface area contributed by atoms with Gasteiger partial charge in [-0.1, -0.05) is 18.2 Å². The van der Waals surface area contributed by atoms with Gasteiger partial charge in [-0.3, -0.25) is 9.69 Å². The molecule has 0 unspecified atom stereocenters.